The van der Waals surface area contributed by atoms with Gasteiger partial charge >= 0.3 is 0 Å². The summed E-state index contributed by atoms with van der Waals surface area (Å²) < 4.78 is 1.88. The average Bonchev–Trinajstić information content (AvgIpc) is 2.65. The summed E-state index contributed by atoms with van der Waals surface area (Å²) in [6, 6.07) is 8.14. The van der Waals surface area contributed by atoms with Gasteiger partial charge in [-0.05, 0) is 25.5 Å². The minimum absolute atomic E-state index is 0.555. The number of nitrogens with one attached hydrogen (secondary N) is 1. The summed E-state index contributed by atoms with van der Waals surface area (Å²) in [5.41, 5.74) is 1.28. The second kappa shape index (κ2) is 5.94. The second-order valence-electron chi connectivity index (χ2n) is 6.29. The first-order chi connectivity index (χ1) is 9.39. The molecule has 2 aromatic rings. The number of para-hydroxylation sites is 1. The molecule has 0 aliphatic carbocycles. The number of hydrogen-bond acceptors (Lipinski definition) is 3. The lowest BCUT2D eigenvalue weighted by atomic mass is 9.98. The van der Waals surface area contributed by atoms with Gasteiger partial charge in [0.2, 0.25) is 0 Å². The Bertz CT molecular complexity index is 572. The SMILES string of the molecule is CC(C)CNCC(C)(O)Cc1nn(C)c2ccccc12. The largest absolute Gasteiger partial charge is 0.388 e. The molecule has 0 aliphatic heterocycles. The molecule has 1 heterocycles. The van der Waals surface area contributed by atoms with Crippen molar-refractivity contribution >= 4 is 10.9 Å². The van der Waals surface area contributed by atoms with Crippen LogP contribution in [0.15, 0.2) is 24.3 Å². The summed E-state index contributed by atoms with van der Waals surface area (Å²) in [6.45, 7) is 7.68. The number of benzene rings is 1. The number of aryl methyl sites for hydroxylation is 1. The van der Waals surface area contributed by atoms with Crippen molar-refractivity contribution < 1.29 is 5.11 Å². The van der Waals surface area contributed by atoms with Gasteiger partial charge in [0, 0.05) is 25.4 Å². The number of aliphatic hydroxyl groups is 1. The van der Waals surface area contributed by atoms with Crippen molar-refractivity contribution in [2.24, 2.45) is 13.0 Å². The van der Waals surface area contributed by atoms with Crippen molar-refractivity contribution in [3.05, 3.63) is 30.0 Å². The van der Waals surface area contributed by atoms with E-state index < -0.39 is 5.60 Å². The highest BCUT2D eigenvalue weighted by Gasteiger charge is 2.23. The minimum Gasteiger partial charge on any atom is -0.388 e. The average molecular weight is 275 g/mol. The van der Waals surface area contributed by atoms with Crippen molar-refractivity contribution in [3.63, 3.8) is 0 Å². The van der Waals surface area contributed by atoms with Crippen LogP contribution in [-0.4, -0.2) is 33.6 Å². The lowest BCUT2D eigenvalue weighted by molar-refractivity contribution is 0.0588. The van der Waals surface area contributed by atoms with E-state index in [1.165, 1.54) is 0 Å². The number of hydrogen-bond donors (Lipinski definition) is 2. The molecule has 2 rings (SSSR count). The highest BCUT2D eigenvalue weighted by Crippen LogP contribution is 2.21. The molecule has 1 atom stereocenters. The maximum Gasteiger partial charge on any atom is 0.0799 e. The maximum atomic E-state index is 10.5. The highest BCUT2D eigenvalue weighted by atomic mass is 16.3. The van der Waals surface area contributed by atoms with E-state index in [2.05, 4.69) is 36.4 Å². The molecule has 4 nitrogen and oxygen atoms in total. The van der Waals surface area contributed by atoms with Crippen molar-refractivity contribution in [1.82, 2.24) is 15.1 Å². The van der Waals surface area contributed by atoms with E-state index in [0.29, 0.717) is 18.9 Å². The molecule has 110 valence electrons. The molecule has 20 heavy (non-hydrogen) atoms. The van der Waals surface area contributed by atoms with Crippen LogP contribution < -0.4 is 5.32 Å². The first-order valence-corrected chi connectivity index (χ1v) is 7.23. The first-order valence-electron chi connectivity index (χ1n) is 7.23. The fourth-order valence-electron chi connectivity index (χ4n) is 2.47. The Morgan fingerprint density at radius 1 is 1.35 bits per heavy atom. The Morgan fingerprint density at radius 3 is 2.75 bits per heavy atom. The van der Waals surface area contributed by atoms with Gasteiger partial charge in [-0.25, -0.2) is 0 Å². The molecular formula is C16H25N3O. The number of fused-ring (bicyclic) bond motifs is 1. The molecule has 0 radical (unpaired) electrons. The summed E-state index contributed by atoms with van der Waals surface area (Å²) in [7, 11) is 1.94. The van der Waals surface area contributed by atoms with Gasteiger partial charge in [0.05, 0.1) is 16.8 Å². The van der Waals surface area contributed by atoms with Crippen LogP contribution in [0.3, 0.4) is 0 Å². The molecule has 2 N–H and O–H groups in total. The van der Waals surface area contributed by atoms with Crippen molar-refractivity contribution in [2.45, 2.75) is 32.8 Å². The monoisotopic (exact) mass is 275 g/mol. The molecule has 0 spiro atoms. The zero-order valence-corrected chi connectivity index (χ0v) is 12.8. The van der Waals surface area contributed by atoms with Crippen LogP contribution in [0.1, 0.15) is 26.5 Å². The Labute approximate surface area is 120 Å². The van der Waals surface area contributed by atoms with Crippen LogP contribution in [0.25, 0.3) is 10.9 Å². The summed E-state index contributed by atoms with van der Waals surface area (Å²) in [5, 5.41) is 19.5. The third-order valence-electron chi connectivity index (χ3n) is 3.44. The van der Waals surface area contributed by atoms with Crippen LogP contribution in [0.4, 0.5) is 0 Å². The van der Waals surface area contributed by atoms with Crippen LogP contribution in [0, 0.1) is 5.92 Å². The predicted molar refractivity (Wildman–Crippen MR) is 82.7 cm³/mol. The van der Waals surface area contributed by atoms with Crippen LogP contribution in [-0.2, 0) is 13.5 Å². The smallest absolute Gasteiger partial charge is 0.0799 e. The summed E-state index contributed by atoms with van der Waals surface area (Å²) in [4.78, 5) is 0. The molecule has 1 aromatic carbocycles. The number of aromatic nitrogens is 2. The Kier molecular flexibility index (Phi) is 4.45. The molecule has 4 heteroatoms. The van der Waals surface area contributed by atoms with E-state index in [1.54, 1.807) is 0 Å². The molecule has 1 unspecified atom stereocenters. The normalized spacial score (nSPS) is 14.9. The van der Waals surface area contributed by atoms with Gasteiger partial charge < -0.3 is 10.4 Å². The molecule has 0 bridgehead atoms. The quantitative estimate of drug-likeness (QED) is 0.849. The van der Waals surface area contributed by atoms with Crippen molar-refractivity contribution in [3.8, 4) is 0 Å². The standard InChI is InChI=1S/C16H25N3O/c1-12(2)10-17-11-16(3,20)9-14-13-7-5-6-8-15(13)19(4)18-14/h5-8,12,17,20H,9-11H2,1-4H3. The summed E-state index contributed by atoms with van der Waals surface area (Å²) >= 11 is 0. The predicted octanol–water partition coefficient (Wildman–Crippen LogP) is 2.11. The Morgan fingerprint density at radius 2 is 2.05 bits per heavy atom. The fourth-order valence-corrected chi connectivity index (χ4v) is 2.47. The number of rotatable bonds is 6. The maximum absolute atomic E-state index is 10.5. The van der Waals surface area contributed by atoms with Gasteiger partial charge in [0.15, 0.2) is 0 Å². The Balaban J connectivity index is 2.11. The van der Waals surface area contributed by atoms with Gasteiger partial charge in [-0.1, -0.05) is 32.0 Å². The minimum atomic E-state index is -0.786. The van der Waals surface area contributed by atoms with Gasteiger partial charge in [-0.2, -0.15) is 5.10 Å². The van der Waals surface area contributed by atoms with E-state index in [9.17, 15) is 5.11 Å². The molecule has 1 aromatic heterocycles. The molecule has 0 amide bonds. The van der Waals surface area contributed by atoms with E-state index in [4.69, 9.17) is 0 Å². The summed E-state index contributed by atoms with van der Waals surface area (Å²) in [6.07, 6.45) is 0.555. The number of nitrogens with zero attached hydrogens (tertiary/aromatic N) is 2. The van der Waals surface area contributed by atoms with Gasteiger partial charge in [0.1, 0.15) is 0 Å². The fraction of sp³-hybridized carbons (Fsp3) is 0.562. The second-order valence-corrected chi connectivity index (χ2v) is 6.29. The van der Waals surface area contributed by atoms with Crippen LogP contribution >= 0.6 is 0 Å². The van der Waals surface area contributed by atoms with E-state index in [1.807, 2.05) is 30.8 Å². The van der Waals surface area contributed by atoms with Crippen LogP contribution in [0.2, 0.25) is 0 Å². The molecule has 0 fully saturated rings. The molecular weight excluding hydrogens is 250 g/mol. The molecule has 0 saturated heterocycles. The third kappa shape index (κ3) is 3.58. The van der Waals surface area contributed by atoms with Crippen molar-refractivity contribution in [2.75, 3.05) is 13.1 Å². The summed E-state index contributed by atoms with van der Waals surface area (Å²) in [5.74, 6) is 0.585. The van der Waals surface area contributed by atoms with E-state index >= 15 is 0 Å². The molecule has 0 aliphatic rings. The van der Waals surface area contributed by atoms with E-state index in [0.717, 1.165) is 23.1 Å². The Hall–Kier alpha value is -1.39. The zero-order valence-electron chi connectivity index (χ0n) is 12.8. The van der Waals surface area contributed by atoms with Crippen LogP contribution in [0.5, 0.6) is 0 Å². The first kappa shape index (κ1) is 15.0. The topological polar surface area (TPSA) is 50.1 Å². The van der Waals surface area contributed by atoms with Gasteiger partial charge in [-0.15, -0.1) is 0 Å². The lowest BCUT2D eigenvalue weighted by Crippen LogP contribution is -2.41. The lowest BCUT2D eigenvalue weighted by Gasteiger charge is -2.23. The highest BCUT2D eigenvalue weighted by molar-refractivity contribution is 5.81. The zero-order chi connectivity index (χ0) is 14.8. The molecule has 0 saturated carbocycles. The van der Waals surface area contributed by atoms with Crippen molar-refractivity contribution in [1.29, 1.82) is 0 Å². The third-order valence-corrected chi connectivity index (χ3v) is 3.44. The van der Waals surface area contributed by atoms with E-state index in [-0.39, 0.29) is 0 Å². The van der Waals surface area contributed by atoms with Gasteiger partial charge in [-0.3, -0.25) is 4.68 Å². The van der Waals surface area contributed by atoms with Gasteiger partial charge in [0.25, 0.3) is 0 Å².